The van der Waals surface area contributed by atoms with E-state index in [4.69, 9.17) is 4.74 Å². The molecule has 1 aromatic carbocycles. The Bertz CT molecular complexity index is 710. The number of carbonyl (C=O) groups is 2. The topological polar surface area (TPSA) is 83.0 Å². The quantitative estimate of drug-likeness (QED) is 0.315. The number of esters is 1. The fraction of sp³-hybridized carbons (Fsp3) is 0.550. The number of hydrogen-bond acceptors (Lipinski definition) is 4. The number of rotatable bonds is 7. The molecule has 2 N–H and O–H groups in total. The lowest BCUT2D eigenvalue weighted by molar-refractivity contribution is -0.146. The van der Waals surface area contributed by atoms with Gasteiger partial charge in [0.2, 0.25) is 5.91 Å². The fourth-order valence-corrected chi connectivity index (χ4v) is 3.28. The van der Waals surface area contributed by atoms with Crippen LogP contribution in [0.1, 0.15) is 19.4 Å². The Morgan fingerprint density at radius 1 is 1.32 bits per heavy atom. The molecule has 0 saturated carbocycles. The molecule has 0 bridgehead atoms. The predicted molar refractivity (Wildman–Crippen MR) is 105 cm³/mol. The molecular weight excluding hydrogens is 363 g/mol. The van der Waals surface area contributed by atoms with Gasteiger partial charge in [0.05, 0.1) is 26.0 Å². The van der Waals surface area contributed by atoms with Crippen LogP contribution in [0.3, 0.4) is 0 Å². The zero-order valence-corrected chi connectivity index (χ0v) is 16.7. The maximum absolute atomic E-state index is 13.2. The number of hydrogen-bond donors (Lipinski definition) is 2. The molecular formula is C20H29FN4O3. The number of likely N-dealkylation sites (tertiary alicyclic amines) is 1. The molecule has 0 aliphatic carbocycles. The summed E-state index contributed by atoms with van der Waals surface area (Å²) in [6.07, 6.45) is 0.131. The molecule has 2 rings (SSSR count). The first-order valence-electron chi connectivity index (χ1n) is 9.56. The van der Waals surface area contributed by atoms with Crippen molar-refractivity contribution in [3.63, 3.8) is 0 Å². The summed E-state index contributed by atoms with van der Waals surface area (Å²) in [5, 5.41) is 6.02. The summed E-state index contributed by atoms with van der Waals surface area (Å²) in [5.74, 6) is 0.0133. The van der Waals surface area contributed by atoms with Crippen LogP contribution in [-0.2, 0) is 20.7 Å². The Labute approximate surface area is 165 Å². The molecule has 0 aromatic heterocycles. The Hall–Kier alpha value is -2.64. The summed E-state index contributed by atoms with van der Waals surface area (Å²) >= 11 is 0. The van der Waals surface area contributed by atoms with Crippen LogP contribution in [0, 0.1) is 17.7 Å². The van der Waals surface area contributed by atoms with Gasteiger partial charge in [0.15, 0.2) is 5.96 Å². The van der Waals surface area contributed by atoms with Gasteiger partial charge in [-0.25, -0.2) is 4.39 Å². The highest BCUT2D eigenvalue weighted by Crippen LogP contribution is 2.24. The smallest absolute Gasteiger partial charge is 0.310 e. The average Bonchev–Trinajstić information content (AvgIpc) is 3.05. The van der Waals surface area contributed by atoms with Crippen molar-refractivity contribution in [3.05, 3.63) is 35.6 Å². The zero-order chi connectivity index (χ0) is 20.5. The second-order valence-corrected chi connectivity index (χ2v) is 6.90. The molecule has 2 atom stereocenters. The molecule has 2 unspecified atom stereocenters. The molecule has 1 aliphatic rings. The van der Waals surface area contributed by atoms with Crippen LogP contribution in [0.15, 0.2) is 29.3 Å². The predicted octanol–water partition coefficient (Wildman–Crippen LogP) is 1.19. The van der Waals surface area contributed by atoms with Crippen molar-refractivity contribution in [2.75, 3.05) is 39.8 Å². The van der Waals surface area contributed by atoms with Gasteiger partial charge in [-0.3, -0.25) is 14.6 Å². The van der Waals surface area contributed by atoms with Gasteiger partial charge in [-0.15, -0.1) is 0 Å². The van der Waals surface area contributed by atoms with Crippen LogP contribution in [-0.4, -0.2) is 62.6 Å². The molecule has 0 spiro atoms. The number of nitrogens with one attached hydrogen (secondary N) is 2. The lowest BCUT2D eigenvalue weighted by atomic mass is 9.99. The maximum Gasteiger partial charge on any atom is 0.310 e. The monoisotopic (exact) mass is 392 g/mol. The van der Waals surface area contributed by atoms with Crippen molar-refractivity contribution in [1.29, 1.82) is 0 Å². The fourth-order valence-electron chi connectivity index (χ4n) is 3.28. The summed E-state index contributed by atoms with van der Waals surface area (Å²) in [7, 11) is 1.41. The van der Waals surface area contributed by atoms with Gasteiger partial charge >= 0.3 is 5.97 Å². The highest BCUT2D eigenvalue weighted by Gasteiger charge is 2.36. The van der Waals surface area contributed by atoms with Crippen molar-refractivity contribution in [2.45, 2.75) is 20.3 Å². The van der Waals surface area contributed by atoms with Gasteiger partial charge in [-0.05, 0) is 30.5 Å². The van der Waals surface area contributed by atoms with E-state index in [2.05, 4.69) is 15.6 Å². The van der Waals surface area contributed by atoms with Crippen LogP contribution in [0.4, 0.5) is 4.39 Å². The Kier molecular flexibility index (Phi) is 8.22. The summed E-state index contributed by atoms with van der Waals surface area (Å²) in [5.41, 5.74) is 0.634. The number of amides is 1. The number of halogens is 1. The first kappa shape index (κ1) is 21.7. The minimum atomic E-state index is -0.352. The molecule has 154 valence electrons. The van der Waals surface area contributed by atoms with Crippen molar-refractivity contribution in [3.8, 4) is 0 Å². The number of benzene rings is 1. The van der Waals surface area contributed by atoms with Crippen LogP contribution in [0.2, 0.25) is 0 Å². The first-order valence-corrected chi connectivity index (χ1v) is 9.56. The van der Waals surface area contributed by atoms with Crippen molar-refractivity contribution >= 4 is 17.8 Å². The van der Waals surface area contributed by atoms with E-state index in [1.807, 2.05) is 18.7 Å². The summed E-state index contributed by atoms with van der Waals surface area (Å²) in [6.45, 7) is 6.78. The third-order valence-electron chi connectivity index (χ3n) is 4.70. The number of nitrogens with zero attached hydrogens (tertiary/aromatic N) is 2. The molecule has 1 aromatic rings. The molecule has 8 heteroatoms. The molecule has 1 saturated heterocycles. The van der Waals surface area contributed by atoms with Crippen molar-refractivity contribution in [1.82, 2.24) is 15.5 Å². The van der Waals surface area contributed by atoms with Gasteiger partial charge in [0.1, 0.15) is 5.82 Å². The molecule has 1 aliphatic heterocycles. The van der Waals surface area contributed by atoms with E-state index in [-0.39, 0.29) is 36.0 Å². The highest BCUT2D eigenvalue weighted by atomic mass is 19.1. The minimum absolute atomic E-state index is 0.131. The lowest BCUT2D eigenvalue weighted by Crippen LogP contribution is -2.41. The third-order valence-corrected chi connectivity index (χ3v) is 4.70. The van der Waals surface area contributed by atoms with E-state index in [0.29, 0.717) is 31.7 Å². The van der Waals surface area contributed by atoms with Crippen LogP contribution in [0.5, 0.6) is 0 Å². The molecule has 1 heterocycles. The van der Waals surface area contributed by atoms with Gasteiger partial charge in [0.25, 0.3) is 0 Å². The summed E-state index contributed by atoms with van der Waals surface area (Å²) in [6, 6.07) is 6.01. The van der Waals surface area contributed by atoms with Crippen molar-refractivity contribution in [2.24, 2.45) is 16.8 Å². The van der Waals surface area contributed by atoms with Crippen molar-refractivity contribution < 1.29 is 18.7 Å². The number of carbonyl (C=O) groups excluding carboxylic acids is 2. The lowest BCUT2D eigenvalue weighted by Gasteiger charge is -2.21. The second kappa shape index (κ2) is 10.6. The Balaban J connectivity index is 1.84. The first-order chi connectivity index (χ1) is 13.4. The molecule has 1 fully saturated rings. The van der Waals surface area contributed by atoms with E-state index in [1.165, 1.54) is 19.2 Å². The zero-order valence-electron chi connectivity index (χ0n) is 16.7. The standard InChI is InChI=1S/C20H29FN4O3/c1-4-22-20(25-12-14(2)17(13-25)19(27)28-3)24-9-8-23-18(26)11-15-6-5-7-16(21)10-15/h5-7,10,14,17H,4,8-9,11-13H2,1-3H3,(H,22,24)(H,23,26). The third kappa shape index (κ3) is 6.21. The van der Waals surface area contributed by atoms with Gasteiger partial charge < -0.3 is 20.3 Å². The van der Waals surface area contributed by atoms with E-state index in [9.17, 15) is 14.0 Å². The van der Waals surface area contributed by atoms with Gasteiger partial charge in [-0.2, -0.15) is 0 Å². The normalized spacial score (nSPS) is 19.4. The second-order valence-electron chi connectivity index (χ2n) is 6.90. The largest absolute Gasteiger partial charge is 0.469 e. The minimum Gasteiger partial charge on any atom is -0.469 e. The van der Waals surface area contributed by atoms with E-state index >= 15 is 0 Å². The number of methoxy groups -OCH3 is 1. The van der Waals surface area contributed by atoms with E-state index < -0.39 is 0 Å². The maximum atomic E-state index is 13.2. The number of guanidine groups is 1. The number of aliphatic imine (C=N–C) groups is 1. The van der Waals surface area contributed by atoms with E-state index in [0.717, 1.165) is 12.5 Å². The Morgan fingerprint density at radius 2 is 2.11 bits per heavy atom. The average molecular weight is 392 g/mol. The molecule has 1 amide bonds. The summed E-state index contributed by atoms with van der Waals surface area (Å²) in [4.78, 5) is 30.5. The van der Waals surface area contributed by atoms with Crippen LogP contribution in [0.25, 0.3) is 0 Å². The number of ether oxygens (including phenoxy) is 1. The molecule has 0 radical (unpaired) electrons. The summed E-state index contributed by atoms with van der Waals surface area (Å²) < 4.78 is 18.0. The van der Waals surface area contributed by atoms with Gasteiger partial charge in [-0.1, -0.05) is 19.1 Å². The SMILES string of the molecule is CCNC(=NCCNC(=O)Cc1cccc(F)c1)N1CC(C)C(C(=O)OC)C1. The van der Waals surface area contributed by atoms with Crippen LogP contribution < -0.4 is 10.6 Å². The van der Waals surface area contributed by atoms with Gasteiger partial charge in [0, 0.05) is 26.2 Å². The Morgan fingerprint density at radius 3 is 2.79 bits per heavy atom. The van der Waals surface area contributed by atoms with E-state index in [1.54, 1.807) is 12.1 Å². The molecule has 28 heavy (non-hydrogen) atoms. The highest BCUT2D eigenvalue weighted by molar-refractivity contribution is 5.82. The molecule has 7 nitrogen and oxygen atoms in total. The van der Waals surface area contributed by atoms with Crippen LogP contribution >= 0.6 is 0 Å².